The molecule has 0 spiro atoms. The molecule has 0 aliphatic heterocycles. The van der Waals surface area contributed by atoms with Crippen molar-refractivity contribution in [3.63, 3.8) is 0 Å². The number of carbonyl (C=O) groups excluding carboxylic acids is 2. The quantitative estimate of drug-likeness (QED) is 0.383. The Morgan fingerprint density at radius 3 is 2.04 bits per heavy atom. The van der Waals surface area contributed by atoms with E-state index >= 15 is 0 Å². The van der Waals surface area contributed by atoms with E-state index in [-0.39, 0.29) is 22.1 Å². The molecule has 0 aliphatic carbocycles. The predicted molar refractivity (Wildman–Crippen MR) is 93.2 cm³/mol. The first-order valence-electron chi connectivity index (χ1n) is 6.84. The molecule has 0 fully saturated rings. The zero-order valence-electron chi connectivity index (χ0n) is 12.6. The zero-order chi connectivity index (χ0) is 17.7. The van der Waals surface area contributed by atoms with Crippen LogP contribution < -0.4 is 10.6 Å². The van der Waals surface area contributed by atoms with Crippen molar-refractivity contribution in [1.29, 1.82) is 0 Å². The second-order valence-electron chi connectivity index (χ2n) is 4.85. The van der Waals surface area contributed by atoms with Gasteiger partial charge in [-0.25, -0.2) is 0 Å². The number of thiocarbonyl (C=S) groups is 1. The van der Waals surface area contributed by atoms with Crippen LogP contribution in [-0.2, 0) is 0 Å². The van der Waals surface area contributed by atoms with Gasteiger partial charge in [0.2, 0.25) is 0 Å². The molecule has 2 rings (SSSR count). The Hall–Kier alpha value is -3.13. The standard InChI is InChI=1S/C16H13N3O4S/c1-10(20)11-2-6-13(7-3-11)17-16(24)18-15(21)12-4-8-14(9-5-12)19(22)23/h2-9H,1H3,(H2,17,18,21,24). The molecule has 2 N–H and O–H groups in total. The van der Waals surface area contributed by atoms with E-state index in [0.29, 0.717) is 11.3 Å². The Kier molecular flexibility index (Phi) is 5.33. The Labute approximate surface area is 142 Å². The third kappa shape index (κ3) is 4.43. The second-order valence-corrected chi connectivity index (χ2v) is 5.25. The van der Waals surface area contributed by atoms with Crippen molar-refractivity contribution in [3.8, 4) is 0 Å². The normalized spacial score (nSPS) is 9.88. The molecule has 0 saturated carbocycles. The molecule has 0 bridgehead atoms. The molecule has 0 aromatic heterocycles. The molecule has 0 unspecified atom stereocenters. The summed E-state index contributed by atoms with van der Waals surface area (Å²) in [5, 5.41) is 16.0. The van der Waals surface area contributed by atoms with Crippen LogP contribution in [0.25, 0.3) is 0 Å². The van der Waals surface area contributed by atoms with Crippen LogP contribution in [0.5, 0.6) is 0 Å². The molecule has 0 aliphatic rings. The molecule has 1 amide bonds. The Balaban J connectivity index is 1.97. The maximum atomic E-state index is 12.0. The number of carbonyl (C=O) groups is 2. The third-order valence-electron chi connectivity index (χ3n) is 3.12. The lowest BCUT2D eigenvalue weighted by molar-refractivity contribution is -0.384. The number of hydrogen-bond acceptors (Lipinski definition) is 5. The average molecular weight is 343 g/mol. The number of Topliss-reactive ketones (excluding diaryl/α,β-unsaturated/α-hetero) is 1. The number of nitrogens with one attached hydrogen (secondary N) is 2. The molecular weight excluding hydrogens is 330 g/mol. The van der Waals surface area contributed by atoms with Crippen molar-refractivity contribution in [1.82, 2.24) is 5.32 Å². The molecule has 8 heteroatoms. The molecule has 2 aromatic carbocycles. The van der Waals surface area contributed by atoms with Gasteiger partial charge in [0.25, 0.3) is 11.6 Å². The van der Waals surface area contributed by atoms with Crippen LogP contribution in [0.3, 0.4) is 0 Å². The number of nitro groups is 1. The Bertz CT molecular complexity index is 801. The third-order valence-corrected chi connectivity index (χ3v) is 3.32. The first-order valence-corrected chi connectivity index (χ1v) is 7.25. The van der Waals surface area contributed by atoms with Crippen molar-refractivity contribution >= 4 is 40.4 Å². The predicted octanol–water partition coefficient (Wildman–Crippen LogP) is 2.92. The van der Waals surface area contributed by atoms with Gasteiger partial charge in [-0.2, -0.15) is 0 Å². The van der Waals surface area contributed by atoms with E-state index in [9.17, 15) is 19.7 Å². The number of amides is 1. The minimum Gasteiger partial charge on any atom is -0.332 e. The second kappa shape index (κ2) is 7.42. The fourth-order valence-electron chi connectivity index (χ4n) is 1.86. The van der Waals surface area contributed by atoms with Crippen molar-refractivity contribution in [3.05, 3.63) is 69.8 Å². The van der Waals surface area contributed by atoms with Crippen molar-refractivity contribution < 1.29 is 14.5 Å². The number of ketones is 1. The van der Waals surface area contributed by atoms with E-state index in [2.05, 4.69) is 10.6 Å². The SMILES string of the molecule is CC(=O)c1ccc(NC(=S)NC(=O)c2ccc([N+](=O)[O-])cc2)cc1. The lowest BCUT2D eigenvalue weighted by atomic mass is 10.1. The summed E-state index contributed by atoms with van der Waals surface area (Å²) in [6, 6.07) is 11.8. The summed E-state index contributed by atoms with van der Waals surface area (Å²) >= 11 is 5.05. The summed E-state index contributed by atoms with van der Waals surface area (Å²) in [6.45, 7) is 1.47. The van der Waals surface area contributed by atoms with E-state index in [4.69, 9.17) is 12.2 Å². The highest BCUT2D eigenvalue weighted by Crippen LogP contribution is 2.12. The Morgan fingerprint density at radius 1 is 1.00 bits per heavy atom. The fourth-order valence-corrected chi connectivity index (χ4v) is 2.07. The van der Waals surface area contributed by atoms with E-state index in [1.807, 2.05) is 0 Å². The molecule has 2 aromatic rings. The fraction of sp³-hybridized carbons (Fsp3) is 0.0625. The topological polar surface area (TPSA) is 101 Å². The molecule has 0 heterocycles. The first-order chi connectivity index (χ1) is 11.4. The molecule has 0 radical (unpaired) electrons. The van der Waals surface area contributed by atoms with E-state index in [0.717, 1.165) is 0 Å². The van der Waals surface area contributed by atoms with Gasteiger partial charge in [-0.3, -0.25) is 25.0 Å². The maximum absolute atomic E-state index is 12.0. The zero-order valence-corrected chi connectivity index (χ0v) is 13.4. The summed E-state index contributed by atoms with van der Waals surface area (Å²) in [7, 11) is 0. The number of rotatable bonds is 4. The lowest BCUT2D eigenvalue weighted by Crippen LogP contribution is -2.34. The van der Waals surface area contributed by atoms with Crippen LogP contribution >= 0.6 is 12.2 Å². The number of non-ortho nitro benzene ring substituents is 1. The summed E-state index contributed by atoms with van der Waals surface area (Å²) in [4.78, 5) is 33.3. The van der Waals surface area contributed by atoms with Crippen LogP contribution in [-0.4, -0.2) is 21.7 Å². The number of hydrogen-bond donors (Lipinski definition) is 2. The molecule has 7 nitrogen and oxygen atoms in total. The van der Waals surface area contributed by atoms with Gasteiger partial charge in [-0.05, 0) is 55.5 Å². The molecule has 0 atom stereocenters. The van der Waals surface area contributed by atoms with Crippen LogP contribution in [0.15, 0.2) is 48.5 Å². The van der Waals surface area contributed by atoms with Gasteiger partial charge in [0, 0.05) is 28.9 Å². The minimum absolute atomic E-state index is 0.0457. The van der Waals surface area contributed by atoms with Gasteiger partial charge in [-0.1, -0.05) is 0 Å². The molecular formula is C16H13N3O4S. The first kappa shape index (κ1) is 17.2. The monoisotopic (exact) mass is 343 g/mol. The lowest BCUT2D eigenvalue weighted by Gasteiger charge is -2.10. The smallest absolute Gasteiger partial charge is 0.269 e. The van der Waals surface area contributed by atoms with Crippen LogP contribution in [0, 0.1) is 10.1 Å². The van der Waals surface area contributed by atoms with Gasteiger partial charge >= 0.3 is 0 Å². The van der Waals surface area contributed by atoms with Gasteiger partial charge in [0.05, 0.1) is 4.92 Å². The molecule has 0 saturated heterocycles. The van der Waals surface area contributed by atoms with E-state index < -0.39 is 10.8 Å². The highest BCUT2D eigenvalue weighted by Gasteiger charge is 2.11. The number of nitro benzene ring substituents is 1. The highest BCUT2D eigenvalue weighted by atomic mass is 32.1. The largest absolute Gasteiger partial charge is 0.332 e. The van der Waals surface area contributed by atoms with Gasteiger partial charge < -0.3 is 5.32 Å². The van der Waals surface area contributed by atoms with Crippen LogP contribution in [0.4, 0.5) is 11.4 Å². The summed E-state index contributed by atoms with van der Waals surface area (Å²) in [5.74, 6) is -0.529. The average Bonchev–Trinajstić information content (AvgIpc) is 2.55. The summed E-state index contributed by atoms with van der Waals surface area (Å²) < 4.78 is 0. The maximum Gasteiger partial charge on any atom is 0.269 e. The van der Waals surface area contributed by atoms with Gasteiger partial charge in [0.1, 0.15) is 0 Å². The van der Waals surface area contributed by atoms with E-state index in [1.165, 1.54) is 31.2 Å². The van der Waals surface area contributed by atoms with Crippen LogP contribution in [0.1, 0.15) is 27.6 Å². The number of benzene rings is 2. The number of nitrogens with zero attached hydrogens (tertiary/aromatic N) is 1. The summed E-state index contributed by atoms with van der Waals surface area (Å²) in [6.07, 6.45) is 0. The van der Waals surface area contributed by atoms with Crippen molar-refractivity contribution in [2.75, 3.05) is 5.32 Å². The number of anilines is 1. The summed E-state index contributed by atoms with van der Waals surface area (Å²) in [5.41, 5.74) is 1.34. The minimum atomic E-state index is -0.543. The molecule has 24 heavy (non-hydrogen) atoms. The Morgan fingerprint density at radius 2 is 1.54 bits per heavy atom. The molecule has 122 valence electrons. The van der Waals surface area contributed by atoms with Gasteiger partial charge in [0.15, 0.2) is 10.9 Å². The van der Waals surface area contributed by atoms with Gasteiger partial charge in [-0.15, -0.1) is 0 Å². The highest BCUT2D eigenvalue weighted by molar-refractivity contribution is 7.80. The van der Waals surface area contributed by atoms with Crippen molar-refractivity contribution in [2.24, 2.45) is 0 Å². The van der Waals surface area contributed by atoms with Crippen molar-refractivity contribution in [2.45, 2.75) is 6.92 Å². The van der Waals surface area contributed by atoms with Crippen LogP contribution in [0.2, 0.25) is 0 Å². The van der Waals surface area contributed by atoms with E-state index in [1.54, 1.807) is 24.3 Å².